The molecule has 7 heteroatoms. The number of rotatable bonds is 6. The molecule has 1 heterocycles. The minimum Gasteiger partial charge on any atom is -0.431 e. The van der Waals surface area contributed by atoms with E-state index >= 15 is 0 Å². The monoisotopic (exact) mass is 393 g/mol. The summed E-state index contributed by atoms with van der Waals surface area (Å²) >= 11 is 1.06. The molecule has 3 nitrogen and oxygen atoms in total. The molecule has 3 rings (SSSR count). The summed E-state index contributed by atoms with van der Waals surface area (Å²) in [5, 5.41) is 0.271. The number of benzene rings is 2. The fourth-order valence-electron chi connectivity index (χ4n) is 2.65. The smallest absolute Gasteiger partial charge is 0.416 e. The first-order valence-electron chi connectivity index (χ1n) is 8.47. The van der Waals surface area contributed by atoms with Gasteiger partial charge in [-0.2, -0.15) is 13.2 Å². The lowest BCUT2D eigenvalue weighted by Crippen LogP contribution is -2.06. The number of ketones is 1. The largest absolute Gasteiger partial charge is 0.431 e. The van der Waals surface area contributed by atoms with Crippen LogP contribution in [0.5, 0.6) is 10.9 Å². The van der Waals surface area contributed by atoms with Crippen molar-refractivity contribution in [2.75, 3.05) is 0 Å². The summed E-state index contributed by atoms with van der Waals surface area (Å²) in [4.78, 5) is 16.1. The summed E-state index contributed by atoms with van der Waals surface area (Å²) in [5.74, 6) is 1.03. The Balaban J connectivity index is 1.70. The molecule has 0 fully saturated rings. The van der Waals surface area contributed by atoms with Gasteiger partial charge in [0.15, 0.2) is 0 Å². The van der Waals surface area contributed by atoms with E-state index in [4.69, 9.17) is 4.74 Å². The maximum atomic E-state index is 12.8. The summed E-state index contributed by atoms with van der Waals surface area (Å²) < 4.78 is 44.5. The standard InChI is InChI=1S/C20H18F3NO2S/c1-12(2)9-15(25)10-13-3-6-16(7-4-13)26-19-24-17-8-5-14(20(21,22)23)11-18(17)27-19/h3-8,11-12H,9-10H2,1-2H3. The lowest BCUT2D eigenvalue weighted by atomic mass is 10.0. The van der Waals surface area contributed by atoms with Gasteiger partial charge in [-0.1, -0.05) is 37.3 Å². The average molecular weight is 393 g/mol. The molecule has 3 aromatic rings. The van der Waals surface area contributed by atoms with E-state index in [1.807, 2.05) is 26.0 Å². The Morgan fingerprint density at radius 1 is 1.15 bits per heavy atom. The summed E-state index contributed by atoms with van der Waals surface area (Å²) in [7, 11) is 0. The minimum absolute atomic E-state index is 0.185. The molecule has 0 aliphatic carbocycles. The van der Waals surface area contributed by atoms with Crippen LogP contribution in [0, 0.1) is 5.92 Å². The van der Waals surface area contributed by atoms with Crippen LogP contribution in [0.4, 0.5) is 13.2 Å². The third-order valence-electron chi connectivity index (χ3n) is 3.86. The molecule has 0 saturated carbocycles. The Kier molecular flexibility index (Phi) is 5.51. The third-order valence-corrected chi connectivity index (χ3v) is 4.76. The lowest BCUT2D eigenvalue weighted by Gasteiger charge is -2.05. The van der Waals surface area contributed by atoms with Crippen LogP contribution in [0.15, 0.2) is 42.5 Å². The number of alkyl halides is 3. The van der Waals surface area contributed by atoms with E-state index in [-0.39, 0.29) is 11.0 Å². The van der Waals surface area contributed by atoms with Crippen molar-refractivity contribution in [3.05, 3.63) is 53.6 Å². The number of carbonyl (C=O) groups excluding carboxylic acids is 1. The maximum absolute atomic E-state index is 12.8. The molecule has 0 saturated heterocycles. The molecule has 0 amide bonds. The first-order valence-corrected chi connectivity index (χ1v) is 9.28. The zero-order valence-electron chi connectivity index (χ0n) is 14.8. The number of ether oxygens (including phenoxy) is 1. The molecule has 27 heavy (non-hydrogen) atoms. The SMILES string of the molecule is CC(C)CC(=O)Cc1ccc(Oc2nc3ccc(C(F)(F)F)cc3s2)cc1. The van der Waals surface area contributed by atoms with Crippen molar-refractivity contribution in [1.29, 1.82) is 0 Å². The zero-order chi connectivity index (χ0) is 19.6. The van der Waals surface area contributed by atoms with Gasteiger partial charge in [-0.05, 0) is 41.8 Å². The molecule has 0 aliphatic rings. The molecule has 1 aromatic heterocycles. The second-order valence-corrected chi connectivity index (χ2v) is 7.71. The van der Waals surface area contributed by atoms with E-state index in [0.29, 0.717) is 34.7 Å². The molecule has 0 spiro atoms. The molecule has 0 unspecified atom stereocenters. The molecule has 0 radical (unpaired) electrons. The van der Waals surface area contributed by atoms with Crippen molar-refractivity contribution in [2.24, 2.45) is 5.92 Å². The topological polar surface area (TPSA) is 39.2 Å². The van der Waals surface area contributed by atoms with Crippen LogP contribution in [0.3, 0.4) is 0 Å². The number of halogens is 3. The van der Waals surface area contributed by atoms with Gasteiger partial charge in [0.2, 0.25) is 0 Å². The Bertz CT molecular complexity index is 946. The third kappa shape index (κ3) is 5.07. The van der Waals surface area contributed by atoms with Crippen LogP contribution < -0.4 is 4.74 Å². The number of carbonyl (C=O) groups is 1. The van der Waals surface area contributed by atoms with E-state index in [2.05, 4.69) is 4.98 Å². The summed E-state index contributed by atoms with van der Waals surface area (Å²) in [6, 6.07) is 10.5. The van der Waals surface area contributed by atoms with Crippen molar-refractivity contribution in [3.8, 4) is 10.9 Å². The number of Topliss-reactive ketones (excluding diaryl/α,β-unsaturated/α-hetero) is 1. The summed E-state index contributed by atoms with van der Waals surface area (Å²) in [5.41, 5.74) is 0.645. The van der Waals surface area contributed by atoms with Gasteiger partial charge in [0.25, 0.3) is 5.19 Å². The van der Waals surface area contributed by atoms with Gasteiger partial charge in [-0.25, -0.2) is 4.98 Å². The van der Waals surface area contributed by atoms with Gasteiger partial charge < -0.3 is 4.74 Å². The highest BCUT2D eigenvalue weighted by atomic mass is 32.1. The lowest BCUT2D eigenvalue weighted by molar-refractivity contribution is -0.137. The molecule has 0 bridgehead atoms. The number of hydrogen-bond donors (Lipinski definition) is 0. The van der Waals surface area contributed by atoms with Crippen molar-refractivity contribution in [2.45, 2.75) is 32.9 Å². The summed E-state index contributed by atoms with van der Waals surface area (Å²) in [6.07, 6.45) is -3.47. The molecule has 142 valence electrons. The van der Waals surface area contributed by atoms with Gasteiger partial charge in [0, 0.05) is 12.8 Å². The van der Waals surface area contributed by atoms with Gasteiger partial charge in [0.05, 0.1) is 15.8 Å². The van der Waals surface area contributed by atoms with E-state index in [0.717, 1.165) is 29.0 Å². The van der Waals surface area contributed by atoms with E-state index in [1.54, 1.807) is 12.1 Å². The zero-order valence-corrected chi connectivity index (χ0v) is 15.7. The molecule has 0 atom stereocenters. The van der Waals surface area contributed by atoms with Crippen LogP contribution in [0.2, 0.25) is 0 Å². The molecular formula is C20H18F3NO2S. The van der Waals surface area contributed by atoms with Gasteiger partial charge in [-0.15, -0.1) is 0 Å². The Hall–Kier alpha value is -2.41. The summed E-state index contributed by atoms with van der Waals surface area (Å²) in [6.45, 7) is 4.01. The van der Waals surface area contributed by atoms with Crippen LogP contribution >= 0.6 is 11.3 Å². The Morgan fingerprint density at radius 2 is 1.85 bits per heavy atom. The van der Waals surface area contributed by atoms with E-state index in [1.165, 1.54) is 6.07 Å². The predicted octanol–water partition coefficient (Wildman–Crippen LogP) is 6.27. The van der Waals surface area contributed by atoms with Crippen molar-refractivity contribution >= 4 is 27.3 Å². The van der Waals surface area contributed by atoms with Crippen molar-refractivity contribution in [3.63, 3.8) is 0 Å². The van der Waals surface area contributed by atoms with Crippen LogP contribution in [0.1, 0.15) is 31.4 Å². The fourth-order valence-corrected chi connectivity index (χ4v) is 3.53. The second-order valence-electron chi connectivity index (χ2n) is 6.72. The Labute approximate surface area is 158 Å². The van der Waals surface area contributed by atoms with Crippen LogP contribution in [-0.4, -0.2) is 10.8 Å². The maximum Gasteiger partial charge on any atom is 0.416 e. The number of hydrogen-bond acceptors (Lipinski definition) is 4. The van der Waals surface area contributed by atoms with Crippen LogP contribution in [0.25, 0.3) is 10.2 Å². The van der Waals surface area contributed by atoms with Gasteiger partial charge in [-0.3, -0.25) is 4.79 Å². The van der Waals surface area contributed by atoms with Gasteiger partial charge >= 0.3 is 6.18 Å². The predicted molar refractivity (Wildman–Crippen MR) is 99.3 cm³/mol. The highest BCUT2D eigenvalue weighted by Crippen LogP contribution is 2.36. The quantitative estimate of drug-likeness (QED) is 0.496. The van der Waals surface area contributed by atoms with E-state index < -0.39 is 11.7 Å². The number of aromatic nitrogens is 1. The number of nitrogens with zero attached hydrogens (tertiary/aromatic N) is 1. The van der Waals surface area contributed by atoms with Crippen molar-refractivity contribution < 1.29 is 22.7 Å². The van der Waals surface area contributed by atoms with Crippen LogP contribution in [-0.2, 0) is 17.4 Å². The number of fused-ring (bicyclic) bond motifs is 1. The molecule has 0 N–H and O–H groups in total. The highest BCUT2D eigenvalue weighted by molar-refractivity contribution is 7.20. The second kappa shape index (κ2) is 7.68. The first-order chi connectivity index (χ1) is 12.7. The fraction of sp³-hybridized carbons (Fsp3) is 0.300. The van der Waals surface area contributed by atoms with E-state index in [9.17, 15) is 18.0 Å². The Morgan fingerprint density at radius 3 is 2.48 bits per heavy atom. The molecule has 0 aliphatic heterocycles. The number of thiazole rings is 1. The van der Waals surface area contributed by atoms with Gasteiger partial charge in [0.1, 0.15) is 11.5 Å². The molecular weight excluding hydrogens is 375 g/mol. The van der Waals surface area contributed by atoms with Crippen molar-refractivity contribution in [1.82, 2.24) is 4.98 Å². The highest BCUT2D eigenvalue weighted by Gasteiger charge is 2.30. The average Bonchev–Trinajstić information content (AvgIpc) is 2.96. The normalized spacial score (nSPS) is 11.9. The minimum atomic E-state index is -4.39. The first kappa shape index (κ1) is 19.4. The molecule has 2 aromatic carbocycles.